The molecule has 1 aromatic heterocycles. The monoisotopic (exact) mass is 518 g/mol. The summed E-state index contributed by atoms with van der Waals surface area (Å²) in [7, 11) is 0. The van der Waals surface area contributed by atoms with Crippen LogP contribution >= 0.6 is 0 Å². The molecule has 2 fully saturated rings. The van der Waals surface area contributed by atoms with Crippen LogP contribution in [-0.2, 0) is 29.5 Å². The molecule has 2 heterocycles. The van der Waals surface area contributed by atoms with Crippen LogP contribution in [0.5, 0.6) is 5.75 Å². The summed E-state index contributed by atoms with van der Waals surface area (Å²) in [6.07, 6.45) is 6.43. The molecule has 1 aromatic carbocycles. The first-order valence-corrected chi connectivity index (χ1v) is 14.1. The normalized spacial score (nSPS) is 26.7. The molecule has 8 heteroatoms. The van der Waals surface area contributed by atoms with Crippen LogP contribution < -0.4 is 16.6 Å². The van der Waals surface area contributed by atoms with Gasteiger partial charge in [-0.3, -0.25) is 19.3 Å². The number of rotatable bonds is 7. The van der Waals surface area contributed by atoms with E-state index in [1.807, 2.05) is 19.9 Å². The predicted molar refractivity (Wildman–Crippen MR) is 144 cm³/mol. The summed E-state index contributed by atoms with van der Waals surface area (Å²) in [6.45, 7) is 6.07. The van der Waals surface area contributed by atoms with E-state index in [4.69, 9.17) is 5.73 Å². The quantitative estimate of drug-likeness (QED) is 0.448. The third-order valence-electron chi connectivity index (χ3n) is 9.48. The first-order chi connectivity index (χ1) is 18.1. The Morgan fingerprint density at radius 2 is 2.00 bits per heavy atom. The van der Waals surface area contributed by atoms with Crippen LogP contribution in [0.3, 0.4) is 0 Å². The molecule has 3 aliphatic carbocycles. The Morgan fingerprint density at radius 3 is 2.71 bits per heavy atom. The van der Waals surface area contributed by atoms with Crippen LogP contribution in [0, 0.1) is 17.8 Å². The maximum absolute atomic E-state index is 13.1. The Hall–Kier alpha value is -3.13. The summed E-state index contributed by atoms with van der Waals surface area (Å²) < 4.78 is 0. The Kier molecular flexibility index (Phi) is 6.13. The summed E-state index contributed by atoms with van der Waals surface area (Å²) in [5.74, 6) is 0.419. The Labute approximate surface area is 223 Å². The number of nitrogens with zero attached hydrogens (tertiary/aromatic N) is 1. The van der Waals surface area contributed by atoms with Gasteiger partial charge in [0.2, 0.25) is 5.91 Å². The largest absolute Gasteiger partial charge is 0.508 e. The highest BCUT2D eigenvalue weighted by Crippen LogP contribution is 2.55. The lowest BCUT2D eigenvalue weighted by Gasteiger charge is -2.59. The van der Waals surface area contributed by atoms with Crippen molar-refractivity contribution in [1.29, 1.82) is 0 Å². The number of aromatic amines is 1. The third-order valence-corrected chi connectivity index (χ3v) is 9.48. The van der Waals surface area contributed by atoms with E-state index in [1.54, 1.807) is 12.1 Å². The van der Waals surface area contributed by atoms with E-state index < -0.39 is 23.4 Å². The van der Waals surface area contributed by atoms with E-state index in [1.165, 1.54) is 24.0 Å². The first-order valence-electron chi connectivity index (χ1n) is 14.1. The van der Waals surface area contributed by atoms with Gasteiger partial charge in [-0.1, -0.05) is 19.9 Å². The fourth-order valence-electron chi connectivity index (χ4n) is 7.49. The number of hydrogen-bond acceptors (Lipinski definition) is 5. The highest BCUT2D eigenvalue weighted by molar-refractivity contribution is 5.97. The van der Waals surface area contributed by atoms with Crippen molar-refractivity contribution < 1.29 is 14.7 Å². The summed E-state index contributed by atoms with van der Waals surface area (Å²) in [5.41, 5.74) is 9.35. The van der Waals surface area contributed by atoms with Crippen LogP contribution in [0.25, 0.3) is 0 Å². The average Bonchev–Trinajstić information content (AvgIpc) is 3.68. The number of piperidine rings is 1. The first kappa shape index (κ1) is 25.2. The van der Waals surface area contributed by atoms with E-state index in [9.17, 15) is 19.5 Å². The topological polar surface area (TPSA) is 129 Å². The number of nitrogens with two attached hydrogens (primary N) is 1. The lowest BCUT2D eigenvalue weighted by atomic mass is 9.52. The number of amides is 2. The van der Waals surface area contributed by atoms with Crippen molar-refractivity contribution in [2.24, 2.45) is 23.5 Å². The van der Waals surface area contributed by atoms with E-state index in [2.05, 4.69) is 21.3 Å². The molecule has 5 N–H and O–H groups in total. The van der Waals surface area contributed by atoms with E-state index in [0.29, 0.717) is 24.8 Å². The van der Waals surface area contributed by atoms with Gasteiger partial charge in [0.05, 0.1) is 0 Å². The van der Waals surface area contributed by atoms with Gasteiger partial charge in [0, 0.05) is 23.7 Å². The van der Waals surface area contributed by atoms with Gasteiger partial charge in [-0.2, -0.15) is 0 Å². The molecular formula is C30H38N4O4. The Morgan fingerprint density at radius 1 is 1.21 bits per heavy atom. The maximum Gasteiger partial charge on any atom is 0.261 e. The number of pyridine rings is 1. The van der Waals surface area contributed by atoms with Gasteiger partial charge in [0.1, 0.15) is 17.4 Å². The van der Waals surface area contributed by atoms with Gasteiger partial charge in [-0.25, -0.2) is 0 Å². The van der Waals surface area contributed by atoms with Crippen molar-refractivity contribution in [3.05, 3.63) is 62.6 Å². The van der Waals surface area contributed by atoms with E-state index in [0.717, 1.165) is 49.5 Å². The number of aromatic hydroxyl groups is 1. The smallest absolute Gasteiger partial charge is 0.261 e. The number of nitrogens with one attached hydrogen (secondary N) is 2. The molecule has 38 heavy (non-hydrogen) atoms. The van der Waals surface area contributed by atoms with Crippen molar-refractivity contribution in [2.75, 3.05) is 13.1 Å². The van der Waals surface area contributed by atoms with Crippen LogP contribution in [0.4, 0.5) is 0 Å². The molecular weight excluding hydrogens is 480 g/mol. The number of carbonyl (C=O) groups is 2. The second kappa shape index (κ2) is 9.26. The molecule has 0 spiro atoms. The molecule has 2 aromatic rings. The number of benzene rings is 1. The van der Waals surface area contributed by atoms with Crippen LogP contribution in [0.1, 0.15) is 72.3 Å². The zero-order chi connectivity index (χ0) is 26.8. The number of hydrogen-bond donors (Lipinski definition) is 4. The molecule has 8 nitrogen and oxygen atoms in total. The summed E-state index contributed by atoms with van der Waals surface area (Å²) in [6, 6.07) is 7.12. The third kappa shape index (κ3) is 4.32. The van der Waals surface area contributed by atoms with Crippen molar-refractivity contribution in [3.63, 3.8) is 0 Å². The highest BCUT2D eigenvalue weighted by atomic mass is 16.3. The number of fused-ring (bicyclic) bond motifs is 2. The zero-order valence-corrected chi connectivity index (χ0v) is 22.3. The minimum absolute atomic E-state index is 0.0311. The predicted octanol–water partition coefficient (Wildman–Crippen LogP) is 2.40. The number of aromatic nitrogens is 1. The van der Waals surface area contributed by atoms with Crippen molar-refractivity contribution in [3.8, 4) is 5.75 Å². The van der Waals surface area contributed by atoms with Gasteiger partial charge in [-0.15, -0.1) is 0 Å². The molecule has 0 unspecified atom stereocenters. The zero-order valence-electron chi connectivity index (χ0n) is 22.3. The minimum Gasteiger partial charge on any atom is -0.508 e. The number of H-pyrrole nitrogens is 1. The number of phenols is 1. The number of likely N-dealkylation sites (tertiary alicyclic amines) is 1. The molecule has 0 radical (unpaired) electrons. The SMILES string of the molecule is CC(C)C[C@H](NC(=O)c1cc2c([nH]c1=O)C[C@]13CCN(CC4CC4)[C@H](Cc4ccc(O)cc41)[C@@H]3C2)C(N)=O. The van der Waals surface area contributed by atoms with E-state index >= 15 is 0 Å². The van der Waals surface area contributed by atoms with Gasteiger partial charge < -0.3 is 21.1 Å². The van der Waals surface area contributed by atoms with Crippen LogP contribution in [0.2, 0.25) is 0 Å². The second-order valence-corrected chi connectivity index (χ2v) is 12.5. The van der Waals surface area contributed by atoms with Gasteiger partial charge >= 0.3 is 0 Å². The average molecular weight is 519 g/mol. The Bertz CT molecular complexity index is 1350. The van der Waals surface area contributed by atoms with Gasteiger partial charge in [0.25, 0.3) is 11.5 Å². The second-order valence-electron chi connectivity index (χ2n) is 12.5. The molecule has 1 saturated heterocycles. The molecule has 4 atom stereocenters. The van der Waals surface area contributed by atoms with Crippen LogP contribution in [0.15, 0.2) is 29.1 Å². The Balaban J connectivity index is 1.36. The lowest BCUT2D eigenvalue weighted by Crippen LogP contribution is -2.63. The van der Waals surface area contributed by atoms with Gasteiger partial charge in [-0.05, 0) is 104 Å². The van der Waals surface area contributed by atoms with Crippen LogP contribution in [-0.4, -0.2) is 52.0 Å². The molecule has 6 rings (SSSR count). The summed E-state index contributed by atoms with van der Waals surface area (Å²) in [5, 5.41) is 13.1. The lowest BCUT2D eigenvalue weighted by molar-refractivity contribution is -0.120. The minimum atomic E-state index is -0.820. The van der Waals surface area contributed by atoms with Crippen molar-refractivity contribution >= 4 is 11.8 Å². The fraction of sp³-hybridized carbons (Fsp3) is 0.567. The molecule has 2 amide bonds. The van der Waals surface area contributed by atoms with Crippen molar-refractivity contribution in [2.45, 2.75) is 76.3 Å². The fourth-order valence-corrected chi connectivity index (χ4v) is 7.49. The number of primary amides is 1. The highest BCUT2D eigenvalue weighted by Gasteiger charge is 2.55. The summed E-state index contributed by atoms with van der Waals surface area (Å²) in [4.78, 5) is 43.9. The summed E-state index contributed by atoms with van der Waals surface area (Å²) >= 11 is 0. The molecule has 4 aliphatic rings. The number of carbonyl (C=O) groups excluding carboxylic acids is 2. The molecule has 202 valence electrons. The standard InChI is InChI=1S/C30H38N4O4/c1-16(2)9-24(27(31)36)32-28(37)21-10-19-11-23-26-12-18-5-6-20(35)13-22(18)30(23,14-25(19)33-29(21)38)7-8-34(26)15-17-3-4-17/h5-6,10,13,16-17,23-24,26,35H,3-4,7-9,11-12,14-15H2,1-2H3,(H2,31,36)(H,32,37)(H,33,38)/t23-,24-,26+,30+/m0/s1. The maximum atomic E-state index is 13.1. The van der Waals surface area contributed by atoms with E-state index in [-0.39, 0.29) is 22.6 Å². The molecule has 1 saturated carbocycles. The molecule has 2 bridgehead atoms. The molecule has 1 aliphatic heterocycles. The van der Waals surface area contributed by atoms with Crippen molar-refractivity contribution in [1.82, 2.24) is 15.2 Å². The number of phenolic OH excluding ortho intramolecular Hbond substituents is 1. The van der Waals surface area contributed by atoms with Gasteiger partial charge in [0.15, 0.2) is 0 Å².